The molecule has 35 heavy (non-hydrogen) atoms. The SMILES string of the molecule is [Pt+2].[c-]1c(Cc2nccc3ccccc23)cccc1-c1[c-]c(Cc2nccc3ccccc23)ccc1. The van der Waals surface area contributed by atoms with Crippen LogP contribution < -0.4 is 0 Å². The maximum absolute atomic E-state index is 4.66. The fraction of sp³-hybridized carbons (Fsp3) is 0.0625. The van der Waals surface area contributed by atoms with E-state index in [1.165, 1.54) is 21.5 Å². The van der Waals surface area contributed by atoms with Crippen LogP contribution in [0.5, 0.6) is 0 Å². The summed E-state index contributed by atoms with van der Waals surface area (Å²) in [7, 11) is 0. The van der Waals surface area contributed by atoms with Crippen molar-refractivity contribution in [3.05, 3.63) is 144 Å². The van der Waals surface area contributed by atoms with Crippen LogP contribution in [0.3, 0.4) is 0 Å². The molecule has 170 valence electrons. The Morgan fingerprint density at radius 3 is 1.43 bits per heavy atom. The van der Waals surface area contributed by atoms with E-state index in [1.807, 2.05) is 12.4 Å². The molecule has 0 N–H and O–H groups in total. The van der Waals surface area contributed by atoms with Crippen LogP contribution in [0, 0.1) is 12.1 Å². The summed E-state index contributed by atoms with van der Waals surface area (Å²) in [6.07, 6.45) is 5.27. The van der Waals surface area contributed by atoms with Crippen molar-refractivity contribution in [2.75, 3.05) is 0 Å². The van der Waals surface area contributed by atoms with Crippen molar-refractivity contribution in [3.8, 4) is 11.1 Å². The van der Waals surface area contributed by atoms with Crippen LogP contribution in [0.25, 0.3) is 32.7 Å². The van der Waals surface area contributed by atoms with Gasteiger partial charge in [-0.15, -0.1) is 23.3 Å². The fourth-order valence-electron chi connectivity index (χ4n) is 4.56. The molecule has 0 radical (unpaired) electrons. The molecule has 2 nitrogen and oxygen atoms in total. The minimum Gasteiger partial charge on any atom is -0.260 e. The Balaban J connectivity index is 0.00000253. The number of pyridine rings is 2. The number of fused-ring (bicyclic) bond motifs is 2. The largest absolute Gasteiger partial charge is 2.00 e. The molecule has 0 bridgehead atoms. The van der Waals surface area contributed by atoms with Gasteiger partial charge in [-0.05, 0) is 35.7 Å². The summed E-state index contributed by atoms with van der Waals surface area (Å²) in [4.78, 5) is 9.31. The fourth-order valence-corrected chi connectivity index (χ4v) is 4.56. The smallest absolute Gasteiger partial charge is 0.260 e. The van der Waals surface area contributed by atoms with Gasteiger partial charge in [-0.25, -0.2) is 11.1 Å². The van der Waals surface area contributed by atoms with E-state index in [0.29, 0.717) is 0 Å². The van der Waals surface area contributed by atoms with Crippen LogP contribution in [-0.2, 0) is 33.9 Å². The van der Waals surface area contributed by atoms with E-state index in [1.54, 1.807) is 0 Å². The molecule has 2 aromatic heterocycles. The molecular weight excluding hydrogens is 607 g/mol. The third-order valence-corrected chi connectivity index (χ3v) is 6.23. The van der Waals surface area contributed by atoms with Crippen LogP contribution in [0.1, 0.15) is 22.5 Å². The summed E-state index contributed by atoms with van der Waals surface area (Å²) >= 11 is 0. The Bertz CT molecular complexity index is 1490. The first-order valence-electron chi connectivity index (χ1n) is 11.5. The number of aromatic nitrogens is 2. The Morgan fingerprint density at radius 2 is 0.943 bits per heavy atom. The summed E-state index contributed by atoms with van der Waals surface area (Å²) < 4.78 is 0. The molecule has 0 aliphatic rings. The van der Waals surface area contributed by atoms with Crippen LogP contribution in [0.2, 0.25) is 0 Å². The maximum atomic E-state index is 4.66. The third kappa shape index (κ3) is 4.94. The molecule has 0 aliphatic carbocycles. The normalized spacial score (nSPS) is 10.9. The van der Waals surface area contributed by atoms with Gasteiger partial charge in [0.2, 0.25) is 0 Å². The molecular formula is C32H22N2Pt. The Kier molecular flexibility index (Phi) is 6.84. The van der Waals surface area contributed by atoms with Gasteiger partial charge < -0.3 is 0 Å². The molecule has 3 heteroatoms. The molecule has 0 saturated carbocycles. The van der Waals surface area contributed by atoms with Gasteiger partial charge in [0, 0.05) is 23.2 Å². The monoisotopic (exact) mass is 629 g/mol. The Labute approximate surface area is 220 Å². The van der Waals surface area contributed by atoms with E-state index in [9.17, 15) is 0 Å². The van der Waals surface area contributed by atoms with Crippen molar-refractivity contribution in [2.45, 2.75) is 12.8 Å². The van der Waals surface area contributed by atoms with Gasteiger partial charge in [0.15, 0.2) is 0 Å². The van der Waals surface area contributed by atoms with Gasteiger partial charge in [-0.3, -0.25) is 9.97 Å². The van der Waals surface area contributed by atoms with E-state index >= 15 is 0 Å². The predicted molar refractivity (Wildman–Crippen MR) is 139 cm³/mol. The molecule has 6 rings (SSSR count). The average molecular weight is 630 g/mol. The van der Waals surface area contributed by atoms with E-state index in [2.05, 4.69) is 119 Å². The third-order valence-electron chi connectivity index (χ3n) is 6.23. The van der Waals surface area contributed by atoms with Crippen molar-refractivity contribution >= 4 is 21.5 Å². The molecule has 0 amide bonds. The van der Waals surface area contributed by atoms with E-state index in [-0.39, 0.29) is 21.1 Å². The molecule has 2 heterocycles. The summed E-state index contributed by atoms with van der Waals surface area (Å²) in [5.74, 6) is 0. The van der Waals surface area contributed by atoms with Crippen molar-refractivity contribution in [3.63, 3.8) is 0 Å². The maximum Gasteiger partial charge on any atom is 2.00 e. The molecule has 6 aromatic rings. The van der Waals surface area contributed by atoms with Crippen LogP contribution in [0.15, 0.2) is 109 Å². The molecule has 4 aromatic carbocycles. The van der Waals surface area contributed by atoms with Gasteiger partial charge in [0.25, 0.3) is 0 Å². The molecule has 0 saturated heterocycles. The number of benzene rings is 4. The second kappa shape index (κ2) is 10.3. The van der Waals surface area contributed by atoms with Crippen molar-refractivity contribution in [2.24, 2.45) is 0 Å². The van der Waals surface area contributed by atoms with E-state index in [4.69, 9.17) is 0 Å². The molecule has 0 atom stereocenters. The topological polar surface area (TPSA) is 25.8 Å². The number of hydrogen-bond acceptors (Lipinski definition) is 2. The summed E-state index contributed by atoms with van der Waals surface area (Å²) in [6, 6.07) is 40.8. The van der Waals surface area contributed by atoms with Crippen molar-refractivity contribution in [1.82, 2.24) is 9.97 Å². The van der Waals surface area contributed by atoms with Gasteiger partial charge in [-0.1, -0.05) is 48.5 Å². The Morgan fingerprint density at radius 1 is 0.486 bits per heavy atom. The van der Waals surface area contributed by atoms with Crippen LogP contribution in [0.4, 0.5) is 0 Å². The second-order valence-corrected chi connectivity index (χ2v) is 8.49. The zero-order chi connectivity index (χ0) is 22.7. The van der Waals surface area contributed by atoms with Crippen molar-refractivity contribution in [1.29, 1.82) is 0 Å². The first-order chi connectivity index (χ1) is 16.8. The number of nitrogens with zero attached hydrogens (tertiary/aromatic N) is 2. The zero-order valence-corrected chi connectivity index (χ0v) is 21.3. The van der Waals surface area contributed by atoms with Crippen molar-refractivity contribution < 1.29 is 21.1 Å². The quantitative estimate of drug-likeness (QED) is 0.188. The minimum absolute atomic E-state index is 0. The first-order valence-corrected chi connectivity index (χ1v) is 11.5. The van der Waals surface area contributed by atoms with Gasteiger partial charge in [-0.2, -0.15) is 36.4 Å². The zero-order valence-electron chi connectivity index (χ0n) is 19.0. The van der Waals surface area contributed by atoms with Gasteiger partial charge in [0.05, 0.1) is 11.4 Å². The van der Waals surface area contributed by atoms with E-state index < -0.39 is 0 Å². The molecule has 0 aliphatic heterocycles. The summed E-state index contributed by atoms with van der Waals surface area (Å²) in [5, 5.41) is 4.82. The molecule has 0 unspecified atom stereocenters. The summed E-state index contributed by atoms with van der Waals surface area (Å²) in [6.45, 7) is 0. The number of hydrogen-bond donors (Lipinski definition) is 0. The molecule has 0 fully saturated rings. The standard InChI is InChI=1S/C32H22N2.Pt/c1-3-13-29-25(9-1)15-17-33-31(29)21-23-7-5-11-27(19-23)28-12-6-8-24(20-28)22-32-30-14-4-2-10-26(30)16-18-34-32;/h1-18H,21-22H2;/q-2;+2. The van der Waals surface area contributed by atoms with Crippen LogP contribution >= 0.6 is 0 Å². The number of rotatable bonds is 5. The average Bonchev–Trinajstić information content (AvgIpc) is 2.90. The van der Waals surface area contributed by atoms with Gasteiger partial charge in [0.1, 0.15) is 0 Å². The first kappa shape index (κ1) is 23.1. The van der Waals surface area contributed by atoms with E-state index in [0.717, 1.165) is 46.5 Å². The minimum atomic E-state index is 0. The van der Waals surface area contributed by atoms with Crippen LogP contribution in [-0.4, -0.2) is 9.97 Å². The molecule has 0 spiro atoms. The predicted octanol–water partition coefficient (Wildman–Crippen LogP) is 7.23. The summed E-state index contributed by atoms with van der Waals surface area (Å²) in [5.41, 5.74) is 6.49. The second-order valence-electron chi connectivity index (χ2n) is 8.49. The van der Waals surface area contributed by atoms with Gasteiger partial charge >= 0.3 is 21.1 Å². The Hall–Kier alpha value is -3.61.